The number of amidine groups is 2. The van der Waals surface area contributed by atoms with Crippen LogP contribution >= 0.6 is 11.6 Å². The number of alkyl halides is 1. The number of benzene rings is 2. The van der Waals surface area contributed by atoms with E-state index in [4.69, 9.17) is 17.4 Å². The Bertz CT molecular complexity index is 652. The summed E-state index contributed by atoms with van der Waals surface area (Å²) < 4.78 is 0. The lowest BCUT2D eigenvalue weighted by Gasteiger charge is -2.27. The van der Waals surface area contributed by atoms with Crippen molar-refractivity contribution >= 4 is 23.3 Å². The summed E-state index contributed by atoms with van der Waals surface area (Å²) in [6.07, 6.45) is 0. The van der Waals surface area contributed by atoms with Gasteiger partial charge in [0, 0.05) is 11.1 Å². The first-order valence-electron chi connectivity index (χ1n) is 6.21. The maximum absolute atomic E-state index is 6.19. The largest absolute Gasteiger partial charge is 0.255 e. The summed E-state index contributed by atoms with van der Waals surface area (Å²) in [5, 5.41) is 1.36. The van der Waals surface area contributed by atoms with Crippen molar-refractivity contribution in [3.8, 4) is 0 Å². The molecule has 0 spiro atoms. The fourth-order valence-electron chi connectivity index (χ4n) is 1.98. The minimum Gasteiger partial charge on any atom is -0.255 e. The first kappa shape index (κ1) is 12.8. The second-order valence-electron chi connectivity index (χ2n) is 4.34. The van der Waals surface area contributed by atoms with E-state index in [0.29, 0.717) is 11.7 Å². The molecule has 3 rings (SSSR count). The van der Waals surface area contributed by atoms with Gasteiger partial charge < -0.3 is 0 Å². The topological polar surface area (TPSA) is 54.0 Å². The minimum absolute atomic E-state index is 0.589. The maximum atomic E-state index is 6.19. The van der Waals surface area contributed by atoms with E-state index in [0.717, 1.165) is 11.1 Å². The molecular formula is C15H13ClN4. The van der Waals surface area contributed by atoms with Crippen molar-refractivity contribution < 1.29 is 0 Å². The Morgan fingerprint density at radius 3 is 2.05 bits per heavy atom. The standard InChI is InChI=1S/C15H13ClN4/c16-15-19-13(11-7-3-1-4-8-11)18-14(20(15)17)12-9-5-2-6-10-12/h1-10,15H,17H2. The zero-order chi connectivity index (χ0) is 13.9. The Hall–Kier alpha value is -2.17. The van der Waals surface area contributed by atoms with Crippen molar-refractivity contribution in [2.45, 2.75) is 5.62 Å². The number of nitrogens with two attached hydrogens (primary N) is 1. The molecule has 2 aromatic rings. The molecule has 20 heavy (non-hydrogen) atoms. The minimum atomic E-state index is -0.669. The number of halogens is 1. The molecule has 0 bridgehead atoms. The molecule has 5 heteroatoms. The molecule has 0 fully saturated rings. The first-order chi connectivity index (χ1) is 9.75. The smallest absolute Gasteiger partial charge is 0.214 e. The molecule has 0 aromatic heterocycles. The summed E-state index contributed by atoms with van der Waals surface area (Å²) in [7, 11) is 0. The molecule has 4 nitrogen and oxygen atoms in total. The SMILES string of the molecule is NN1C(c2ccccc2)=NC(c2ccccc2)=NC1Cl. The van der Waals surface area contributed by atoms with Gasteiger partial charge in [-0.1, -0.05) is 72.3 Å². The van der Waals surface area contributed by atoms with Gasteiger partial charge in [0.1, 0.15) is 0 Å². The summed E-state index contributed by atoms with van der Waals surface area (Å²) in [6.45, 7) is 0. The second-order valence-corrected chi connectivity index (χ2v) is 4.73. The molecule has 0 saturated carbocycles. The lowest BCUT2D eigenvalue weighted by molar-refractivity contribution is 0.411. The molecule has 0 saturated heterocycles. The zero-order valence-corrected chi connectivity index (χ0v) is 11.4. The predicted molar refractivity (Wildman–Crippen MR) is 81.6 cm³/mol. The Labute approximate surface area is 122 Å². The van der Waals surface area contributed by atoms with Crippen LogP contribution in [0.15, 0.2) is 70.6 Å². The highest BCUT2D eigenvalue weighted by atomic mass is 35.5. The van der Waals surface area contributed by atoms with Crippen molar-refractivity contribution in [2.75, 3.05) is 0 Å². The van der Waals surface area contributed by atoms with E-state index in [1.807, 2.05) is 60.7 Å². The highest BCUT2D eigenvalue weighted by Crippen LogP contribution is 2.17. The van der Waals surface area contributed by atoms with E-state index in [2.05, 4.69) is 9.98 Å². The normalized spacial score (nSPS) is 18.5. The van der Waals surface area contributed by atoms with Gasteiger partial charge in [-0.2, -0.15) is 0 Å². The first-order valence-corrected chi connectivity index (χ1v) is 6.65. The van der Waals surface area contributed by atoms with Crippen LogP contribution in [-0.2, 0) is 0 Å². The van der Waals surface area contributed by atoms with Gasteiger partial charge in [0.05, 0.1) is 0 Å². The average molecular weight is 285 g/mol. The van der Waals surface area contributed by atoms with Crippen molar-refractivity contribution in [1.29, 1.82) is 0 Å². The van der Waals surface area contributed by atoms with Gasteiger partial charge in [-0.25, -0.2) is 15.8 Å². The summed E-state index contributed by atoms with van der Waals surface area (Å²) >= 11 is 6.19. The molecule has 100 valence electrons. The maximum Gasteiger partial charge on any atom is 0.214 e. The van der Waals surface area contributed by atoms with Gasteiger partial charge in [0.15, 0.2) is 11.7 Å². The fourth-order valence-corrected chi connectivity index (χ4v) is 2.16. The van der Waals surface area contributed by atoms with Crippen molar-refractivity contribution in [3.63, 3.8) is 0 Å². The summed E-state index contributed by atoms with van der Waals surface area (Å²) in [5.41, 5.74) is 1.15. The van der Waals surface area contributed by atoms with Gasteiger partial charge in [0.25, 0.3) is 0 Å². The number of hydrogen-bond donors (Lipinski definition) is 1. The zero-order valence-electron chi connectivity index (χ0n) is 10.6. The lowest BCUT2D eigenvalue weighted by Crippen LogP contribution is -2.45. The predicted octanol–water partition coefficient (Wildman–Crippen LogP) is 2.59. The van der Waals surface area contributed by atoms with Gasteiger partial charge in [0.2, 0.25) is 5.62 Å². The van der Waals surface area contributed by atoms with Crippen molar-refractivity contribution in [2.24, 2.45) is 15.8 Å². The summed E-state index contributed by atoms with van der Waals surface area (Å²) in [6, 6.07) is 19.4. The summed E-state index contributed by atoms with van der Waals surface area (Å²) in [4.78, 5) is 8.84. The Morgan fingerprint density at radius 2 is 1.45 bits per heavy atom. The van der Waals surface area contributed by atoms with E-state index in [1.54, 1.807) is 0 Å². The molecule has 1 atom stereocenters. The molecule has 0 aliphatic carbocycles. The molecule has 1 heterocycles. The van der Waals surface area contributed by atoms with Gasteiger partial charge >= 0.3 is 0 Å². The van der Waals surface area contributed by atoms with E-state index in [1.165, 1.54) is 5.01 Å². The van der Waals surface area contributed by atoms with Crippen LogP contribution in [0.3, 0.4) is 0 Å². The molecule has 1 aliphatic rings. The average Bonchev–Trinajstić information content (AvgIpc) is 2.51. The van der Waals surface area contributed by atoms with Crippen LogP contribution < -0.4 is 5.84 Å². The highest BCUT2D eigenvalue weighted by molar-refractivity contribution is 6.25. The van der Waals surface area contributed by atoms with E-state index in [9.17, 15) is 0 Å². The number of hydrogen-bond acceptors (Lipinski definition) is 4. The molecule has 1 unspecified atom stereocenters. The van der Waals surface area contributed by atoms with Crippen LogP contribution in [0.1, 0.15) is 11.1 Å². The third kappa shape index (κ3) is 2.43. The third-order valence-electron chi connectivity index (χ3n) is 2.98. The van der Waals surface area contributed by atoms with Crippen LogP contribution in [0.4, 0.5) is 0 Å². The third-order valence-corrected chi connectivity index (χ3v) is 3.29. The molecular weight excluding hydrogens is 272 g/mol. The molecule has 2 N–H and O–H groups in total. The van der Waals surface area contributed by atoms with Crippen molar-refractivity contribution in [3.05, 3.63) is 71.8 Å². The Balaban J connectivity index is 2.05. The molecule has 2 aromatic carbocycles. The van der Waals surface area contributed by atoms with E-state index < -0.39 is 5.62 Å². The fraction of sp³-hybridized carbons (Fsp3) is 0.0667. The monoisotopic (exact) mass is 284 g/mol. The Morgan fingerprint density at radius 1 is 0.900 bits per heavy atom. The lowest BCUT2D eigenvalue weighted by atomic mass is 10.1. The van der Waals surface area contributed by atoms with Gasteiger partial charge in [-0.05, 0) is 0 Å². The van der Waals surface area contributed by atoms with Gasteiger partial charge in [-0.3, -0.25) is 5.01 Å². The molecule has 0 amide bonds. The highest BCUT2D eigenvalue weighted by Gasteiger charge is 2.23. The van der Waals surface area contributed by atoms with Crippen molar-refractivity contribution in [1.82, 2.24) is 5.01 Å². The number of hydrazine groups is 1. The van der Waals surface area contributed by atoms with E-state index in [-0.39, 0.29) is 0 Å². The van der Waals surface area contributed by atoms with Crippen LogP contribution in [0.25, 0.3) is 0 Å². The van der Waals surface area contributed by atoms with Gasteiger partial charge in [-0.15, -0.1) is 0 Å². The molecule has 0 radical (unpaired) electrons. The van der Waals surface area contributed by atoms with E-state index >= 15 is 0 Å². The van der Waals surface area contributed by atoms with Crippen LogP contribution in [0, 0.1) is 0 Å². The molecule has 1 aliphatic heterocycles. The van der Waals surface area contributed by atoms with Crippen LogP contribution in [-0.4, -0.2) is 22.3 Å². The number of nitrogens with zero attached hydrogens (tertiary/aromatic N) is 3. The Kier molecular flexibility index (Phi) is 3.50. The number of rotatable bonds is 2. The van der Waals surface area contributed by atoms with Crippen LogP contribution in [0.5, 0.6) is 0 Å². The second kappa shape index (κ2) is 5.45. The van der Waals surface area contributed by atoms with Crippen LogP contribution in [0.2, 0.25) is 0 Å². The number of aliphatic imine (C=N–C) groups is 2. The quantitative estimate of drug-likeness (QED) is 0.523. The summed E-state index contributed by atoms with van der Waals surface area (Å²) in [5.74, 6) is 7.16.